The summed E-state index contributed by atoms with van der Waals surface area (Å²) in [6.07, 6.45) is 10.1. The quantitative estimate of drug-likeness (QED) is 0.495. The number of hydrogen-bond donors (Lipinski definition) is 0. The maximum atomic E-state index is 11.0. The highest BCUT2D eigenvalue weighted by Crippen LogP contribution is 1.96. The van der Waals surface area contributed by atoms with Gasteiger partial charge in [0.05, 0.1) is 5.92 Å². The number of ether oxygens (including phenoxy) is 1. The van der Waals surface area contributed by atoms with Crippen LogP contribution in [-0.2, 0) is 9.53 Å². The molecule has 0 radical (unpaired) electrons. The third-order valence-electron chi connectivity index (χ3n) is 1.63. The zero-order valence-electron chi connectivity index (χ0n) is 9.32. The first-order valence-electron chi connectivity index (χ1n) is 5.15. The molecule has 0 aromatic rings. The Bertz CT molecular complexity index is 203. The molecule has 0 aliphatic heterocycles. The number of allylic oxidation sites excluding steroid dienone is 3. The number of hydrogen-bond acceptors (Lipinski definition) is 2. The highest BCUT2D eigenvalue weighted by molar-refractivity contribution is 5.71. The standard InChI is InChI=1S/C12H20O2.CH4/c1-4-5-6-7-8-9-10-14-12(13)11(2)3;/h5-6,8-9,11H,4,7,10H2,1-3H3;1H4/b6-5-,9-8-;. The molecule has 0 aliphatic rings. The summed E-state index contributed by atoms with van der Waals surface area (Å²) in [5.74, 6) is -0.179. The van der Waals surface area contributed by atoms with Crippen LogP contribution in [0.15, 0.2) is 24.3 Å². The molecular formula is C13H24O2. The molecule has 0 bridgehead atoms. The summed E-state index contributed by atoms with van der Waals surface area (Å²) in [5, 5.41) is 0. The second-order valence-electron chi connectivity index (χ2n) is 3.37. The van der Waals surface area contributed by atoms with Crippen molar-refractivity contribution in [2.75, 3.05) is 6.61 Å². The van der Waals surface area contributed by atoms with E-state index < -0.39 is 0 Å². The van der Waals surface area contributed by atoms with Gasteiger partial charge in [-0.1, -0.05) is 52.5 Å². The monoisotopic (exact) mass is 212 g/mol. The topological polar surface area (TPSA) is 26.3 Å². The smallest absolute Gasteiger partial charge is 0.308 e. The fourth-order valence-corrected chi connectivity index (χ4v) is 0.803. The molecule has 0 atom stereocenters. The van der Waals surface area contributed by atoms with Crippen molar-refractivity contribution in [1.29, 1.82) is 0 Å². The van der Waals surface area contributed by atoms with Gasteiger partial charge in [0.25, 0.3) is 0 Å². The summed E-state index contributed by atoms with van der Waals surface area (Å²) < 4.78 is 4.96. The van der Waals surface area contributed by atoms with Crippen LogP contribution in [0.3, 0.4) is 0 Å². The van der Waals surface area contributed by atoms with Crippen molar-refractivity contribution in [2.24, 2.45) is 5.92 Å². The minimum absolute atomic E-state index is 0. The van der Waals surface area contributed by atoms with Crippen molar-refractivity contribution in [3.63, 3.8) is 0 Å². The Labute approximate surface area is 94.0 Å². The summed E-state index contributed by atoms with van der Waals surface area (Å²) in [6.45, 7) is 6.15. The van der Waals surface area contributed by atoms with E-state index in [1.165, 1.54) is 0 Å². The van der Waals surface area contributed by atoms with E-state index in [0.29, 0.717) is 6.61 Å². The van der Waals surface area contributed by atoms with Gasteiger partial charge in [-0.3, -0.25) is 4.79 Å². The van der Waals surface area contributed by atoms with Gasteiger partial charge in [-0.25, -0.2) is 0 Å². The molecule has 0 unspecified atom stereocenters. The fourth-order valence-electron chi connectivity index (χ4n) is 0.803. The van der Waals surface area contributed by atoms with Crippen LogP contribution >= 0.6 is 0 Å². The number of carbonyl (C=O) groups is 1. The van der Waals surface area contributed by atoms with Crippen molar-refractivity contribution in [2.45, 2.75) is 41.0 Å². The third-order valence-corrected chi connectivity index (χ3v) is 1.63. The van der Waals surface area contributed by atoms with Crippen LogP contribution in [0.4, 0.5) is 0 Å². The molecule has 0 N–H and O–H groups in total. The molecule has 15 heavy (non-hydrogen) atoms. The lowest BCUT2D eigenvalue weighted by Gasteiger charge is -2.03. The molecule has 0 spiro atoms. The fraction of sp³-hybridized carbons (Fsp3) is 0.615. The van der Waals surface area contributed by atoms with E-state index >= 15 is 0 Å². The van der Waals surface area contributed by atoms with Crippen molar-refractivity contribution in [1.82, 2.24) is 0 Å². The minimum atomic E-state index is -0.140. The molecule has 0 aromatic carbocycles. The van der Waals surface area contributed by atoms with Crippen LogP contribution < -0.4 is 0 Å². The van der Waals surface area contributed by atoms with Crippen LogP contribution in [0.1, 0.15) is 41.0 Å². The molecule has 0 rings (SSSR count). The summed E-state index contributed by atoms with van der Waals surface area (Å²) in [5.41, 5.74) is 0. The normalized spacial score (nSPS) is 10.9. The van der Waals surface area contributed by atoms with Crippen molar-refractivity contribution in [3.8, 4) is 0 Å². The van der Waals surface area contributed by atoms with Gasteiger partial charge in [-0.2, -0.15) is 0 Å². The largest absolute Gasteiger partial charge is 0.461 e. The lowest BCUT2D eigenvalue weighted by atomic mass is 10.2. The van der Waals surface area contributed by atoms with Gasteiger partial charge in [0, 0.05) is 0 Å². The molecule has 0 aliphatic carbocycles. The first-order valence-corrected chi connectivity index (χ1v) is 5.15. The lowest BCUT2D eigenvalue weighted by molar-refractivity contribution is -0.146. The first kappa shape index (κ1) is 16.4. The van der Waals surface area contributed by atoms with Crippen LogP contribution in [0, 0.1) is 5.92 Å². The molecule has 0 aromatic heterocycles. The van der Waals surface area contributed by atoms with E-state index in [1.54, 1.807) is 0 Å². The highest BCUT2D eigenvalue weighted by atomic mass is 16.5. The average Bonchev–Trinajstić information content (AvgIpc) is 2.16. The van der Waals surface area contributed by atoms with Gasteiger partial charge >= 0.3 is 5.97 Å². The van der Waals surface area contributed by atoms with Gasteiger partial charge in [0.1, 0.15) is 6.61 Å². The number of esters is 1. The minimum Gasteiger partial charge on any atom is -0.461 e. The summed E-state index contributed by atoms with van der Waals surface area (Å²) >= 11 is 0. The molecule has 0 heterocycles. The third kappa shape index (κ3) is 10.9. The van der Waals surface area contributed by atoms with Gasteiger partial charge in [0.2, 0.25) is 0 Å². The summed E-state index contributed by atoms with van der Waals surface area (Å²) in [4.78, 5) is 11.0. The van der Waals surface area contributed by atoms with Crippen molar-refractivity contribution in [3.05, 3.63) is 24.3 Å². The zero-order valence-corrected chi connectivity index (χ0v) is 9.32. The van der Waals surface area contributed by atoms with Crippen molar-refractivity contribution >= 4 is 5.97 Å². The molecule has 2 nitrogen and oxygen atoms in total. The molecule has 0 fully saturated rings. The molecular weight excluding hydrogens is 188 g/mol. The van der Waals surface area contributed by atoms with E-state index in [4.69, 9.17) is 4.74 Å². The van der Waals surface area contributed by atoms with Crippen molar-refractivity contribution < 1.29 is 9.53 Å². The summed E-state index contributed by atoms with van der Waals surface area (Å²) in [7, 11) is 0. The maximum absolute atomic E-state index is 11.0. The van der Waals surface area contributed by atoms with E-state index in [9.17, 15) is 4.79 Å². The van der Waals surface area contributed by atoms with E-state index in [0.717, 1.165) is 12.8 Å². The van der Waals surface area contributed by atoms with E-state index in [2.05, 4.69) is 19.1 Å². The molecule has 0 saturated carbocycles. The molecule has 88 valence electrons. The average molecular weight is 212 g/mol. The van der Waals surface area contributed by atoms with Crippen LogP contribution in [0.2, 0.25) is 0 Å². The molecule has 0 saturated heterocycles. The Morgan fingerprint density at radius 1 is 1.20 bits per heavy atom. The second-order valence-corrected chi connectivity index (χ2v) is 3.37. The van der Waals surface area contributed by atoms with Gasteiger partial charge < -0.3 is 4.74 Å². The summed E-state index contributed by atoms with van der Waals surface area (Å²) in [6, 6.07) is 0. The predicted molar refractivity (Wildman–Crippen MR) is 65.7 cm³/mol. The Morgan fingerprint density at radius 2 is 1.80 bits per heavy atom. The van der Waals surface area contributed by atoms with Gasteiger partial charge in [-0.05, 0) is 12.8 Å². The van der Waals surface area contributed by atoms with Gasteiger partial charge in [-0.15, -0.1) is 0 Å². The Hall–Kier alpha value is -1.05. The van der Waals surface area contributed by atoms with Crippen LogP contribution in [-0.4, -0.2) is 12.6 Å². The SMILES string of the molecule is C.CC/C=C\C/C=C\COC(=O)C(C)C. The molecule has 2 heteroatoms. The van der Waals surface area contributed by atoms with Gasteiger partial charge in [0.15, 0.2) is 0 Å². The van der Waals surface area contributed by atoms with Crippen LogP contribution in [0.5, 0.6) is 0 Å². The Kier molecular flexibility index (Phi) is 12.0. The first-order chi connectivity index (χ1) is 6.68. The number of rotatable bonds is 6. The second kappa shape index (κ2) is 11.0. The lowest BCUT2D eigenvalue weighted by Crippen LogP contribution is -2.11. The molecule has 0 amide bonds. The van der Waals surface area contributed by atoms with Crippen LogP contribution in [0.25, 0.3) is 0 Å². The van der Waals surface area contributed by atoms with E-state index in [-0.39, 0.29) is 19.3 Å². The number of carbonyl (C=O) groups excluding carboxylic acids is 1. The Morgan fingerprint density at radius 3 is 2.33 bits per heavy atom. The predicted octanol–water partition coefficient (Wildman–Crippen LogP) is 3.73. The highest BCUT2D eigenvalue weighted by Gasteiger charge is 2.05. The Balaban J connectivity index is 0. The maximum Gasteiger partial charge on any atom is 0.308 e. The van der Waals surface area contributed by atoms with E-state index in [1.807, 2.05) is 26.0 Å². The zero-order chi connectivity index (χ0) is 10.8.